The fourth-order valence-corrected chi connectivity index (χ4v) is 2.43. The molecule has 2 N–H and O–H groups in total. The highest BCUT2D eigenvalue weighted by Crippen LogP contribution is 2.34. The van der Waals surface area contributed by atoms with Crippen molar-refractivity contribution in [1.82, 2.24) is 5.32 Å². The lowest BCUT2D eigenvalue weighted by atomic mass is 9.98. The van der Waals surface area contributed by atoms with E-state index in [0.717, 1.165) is 25.6 Å². The number of benzene rings is 1. The average molecular weight is 292 g/mol. The SMILES string of the molecule is Oc1c(CC2CCNC2)cc(F)c(F)c1Br. The molecule has 2 nitrogen and oxygen atoms in total. The Labute approximate surface area is 101 Å². The number of halogens is 3. The predicted molar refractivity (Wildman–Crippen MR) is 60.4 cm³/mol. The molecule has 1 saturated heterocycles. The number of hydrogen-bond donors (Lipinski definition) is 2. The summed E-state index contributed by atoms with van der Waals surface area (Å²) in [5.41, 5.74) is 0.458. The van der Waals surface area contributed by atoms with Crippen molar-refractivity contribution < 1.29 is 13.9 Å². The molecule has 0 aromatic heterocycles. The summed E-state index contributed by atoms with van der Waals surface area (Å²) in [5.74, 6) is -1.77. The third-order valence-corrected chi connectivity index (χ3v) is 3.61. The summed E-state index contributed by atoms with van der Waals surface area (Å²) in [4.78, 5) is 0. The van der Waals surface area contributed by atoms with E-state index in [-0.39, 0.29) is 10.2 Å². The van der Waals surface area contributed by atoms with Crippen molar-refractivity contribution in [3.8, 4) is 5.75 Å². The first-order chi connectivity index (χ1) is 7.59. The summed E-state index contributed by atoms with van der Waals surface area (Å²) >= 11 is 2.85. The quantitative estimate of drug-likeness (QED) is 0.821. The number of phenols is 1. The minimum absolute atomic E-state index is 0.187. The average Bonchev–Trinajstić information content (AvgIpc) is 2.76. The molecule has 1 aliphatic rings. The number of hydrogen-bond acceptors (Lipinski definition) is 2. The van der Waals surface area contributed by atoms with E-state index in [1.54, 1.807) is 0 Å². The topological polar surface area (TPSA) is 32.3 Å². The van der Waals surface area contributed by atoms with Gasteiger partial charge in [-0.1, -0.05) is 0 Å². The van der Waals surface area contributed by atoms with Crippen molar-refractivity contribution in [1.29, 1.82) is 0 Å². The fraction of sp³-hybridized carbons (Fsp3) is 0.455. The van der Waals surface area contributed by atoms with Gasteiger partial charge in [0.15, 0.2) is 11.6 Å². The van der Waals surface area contributed by atoms with Crippen LogP contribution in [0.1, 0.15) is 12.0 Å². The summed E-state index contributed by atoms with van der Waals surface area (Å²) < 4.78 is 26.1. The fourth-order valence-electron chi connectivity index (χ4n) is 1.99. The molecular formula is C11H12BrF2NO. The van der Waals surface area contributed by atoms with Crippen LogP contribution in [0.15, 0.2) is 10.5 Å². The molecule has 0 amide bonds. The number of nitrogens with one attached hydrogen (secondary N) is 1. The number of phenolic OH excluding ortho intramolecular Hbond substituents is 1. The normalized spacial score (nSPS) is 20.3. The molecule has 0 spiro atoms. The van der Waals surface area contributed by atoms with Crippen LogP contribution in [0, 0.1) is 17.6 Å². The van der Waals surface area contributed by atoms with Crippen LogP contribution in [0.2, 0.25) is 0 Å². The van der Waals surface area contributed by atoms with E-state index in [1.165, 1.54) is 0 Å². The molecule has 5 heteroatoms. The Kier molecular flexibility index (Phi) is 3.44. The molecule has 2 rings (SSSR count). The van der Waals surface area contributed by atoms with E-state index in [0.29, 0.717) is 17.9 Å². The summed E-state index contributed by atoms with van der Waals surface area (Å²) in [5, 5.41) is 12.9. The zero-order chi connectivity index (χ0) is 11.7. The smallest absolute Gasteiger partial charge is 0.176 e. The molecule has 0 bridgehead atoms. The van der Waals surface area contributed by atoms with Gasteiger partial charge < -0.3 is 10.4 Å². The number of aromatic hydroxyl groups is 1. The highest BCUT2D eigenvalue weighted by molar-refractivity contribution is 9.10. The van der Waals surface area contributed by atoms with Crippen LogP contribution in [-0.4, -0.2) is 18.2 Å². The van der Waals surface area contributed by atoms with Crippen molar-refractivity contribution in [2.24, 2.45) is 5.92 Å². The minimum Gasteiger partial charge on any atom is -0.506 e. The van der Waals surface area contributed by atoms with E-state index in [2.05, 4.69) is 21.2 Å². The monoisotopic (exact) mass is 291 g/mol. The van der Waals surface area contributed by atoms with Gasteiger partial charge in [0.2, 0.25) is 0 Å². The molecule has 0 radical (unpaired) electrons. The van der Waals surface area contributed by atoms with E-state index in [4.69, 9.17) is 0 Å². The molecule has 1 aromatic rings. The standard InChI is InChI=1S/C11H12BrF2NO/c12-9-10(14)8(13)4-7(11(9)16)3-6-1-2-15-5-6/h4,6,15-16H,1-3,5H2. The Morgan fingerprint density at radius 2 is 2.25 bits per heavy atom. The molecule has 16 heavy (non-hydrogen) atoms. The zero-order valence-corrected chi connectivity index (χ0v) is 10.2. The van der Waals surface area contributed by atoms with Gasteiger partial charge in [0.05, 0.1) is 4.47 Å². The van der Waals surface area contributed by atoms with Gasteiger partial charge in [0.25, 0.3) is 0 Å². The highest BCUT2D eigenvalue weighted by atomic mass is 79.9. The molecule has 1 aliphatic heterocycles. The molecule has 1 aromatic carbocycles. The van der Waals surface area contributed by atoms with Crippen LogP contribution in [0.25, 0.3) is 0 Å². The molecule has 0 saturated carbocycles. The lowest BCUT2D eigenvalue weighted by Crippen LogP contribution is -2.11. The maximum absolute atomic E-state index is 13.2. The molecule has 88 valence electrons. The van der Waals surface area contributed by atoms with Crippen LogP contribution >= 0.6 is 15.9 Å². The molecule has 1 atom stereocenters. The minimum atomic E-state index is -1.04. The van der Waals surface area contributed by atoms with Gasteiger partial charge in [-0.15, -0.1) is 0 Å². The van der Waals surface area contributed by atoms with Gasteiger partial charge in [-0.05, 0) is 59.4 Å². The van der Waals surface area contributed by atoms with Gasteiger partial charge in [-0.3, -0.25) is 0 Å². The van der Waals surface area contributed by atoms with Gasteiger partial charge in [-0.2, -0.15) is 0 Å². The van der Waals surface area contributed by atoms with Crippen molar-refractivity contribution >= 4 is 15.9 Å². The van der Waals surface area contributed by atoms with Crippen LogP contribution in [0.5, 0.6) is 5.75 Å². The number of rotatable bonds is 2. The van der Waals surface area contributed by atoms with E-state index >= 15 is 0 Å². The second kappa shape index (κ2) is 4.67. The molecule has 1 heterocycles. The van der Waals surface area contributed by atoms with Crippen molar-refractivity contribution in [3.05, 3.63) is 27.7 Å². The van der Waals surface area contributed by atoms with Crippen molar-refractivity contribution in [3.63, 3.8) is 0 Å². The third-order valence-electron chi connectivity index (χ3n) is 2.89. The zero-order valence-electron chi connectivity index (χ0n) is 8.56. The largest absolute Gasteiger partial charge is 0.506 e. The first kappa shape index (κ1) is 11.8. The highest BCUT2D eigenvalue weighted by Gasteiger charge is 2.20. The second-order valence-electron chi connectivity index (χ2n) is 4.06. The van der Waals surface area contributed by atoms with Gasteiger partial charge in [-0.25, -0.2) is 8.78 Å². The Bertz CT molecular complexity index is 405. The molecule has 0 aliphatic carbocycles. The Morgan fingerprint density at radius 1 is 1.50 bits per heavy atom. The molecule has 1 fully saturated rings. The van der Waals surface area contributed by atoms with Gasteiger partial charge in [0.1, 0.15) is 5.75 Å². The maximum atomic E-state index is 13.2. The lowest BCUT2D eigenvalue weighted by molar-refractivity contribution is 0.434. The summed E-state index contributed by atoms with van der Waals surface area (Å²) in [6.45, 7) is 1.80. The van der Waals surface area contributed by atoms with E-state index in [1.807, 2.05) is 0 Å². The lowest BCUT2D eigenvalue weighted by Gasteiger charge is -2.11. The first-order valence-corrected chi connectivity index (χ1v) is 5.95. The van der Waals surface area contributed by atoms with E-state index < -0.39 is 11.6 Å². The third kappa shape index (κ3) is 2.20. The van der Waals surface area contributed by atoms with Crippen LogP contribution < -0.4 is 5.32 Å². The van der Waals surface area contributed by atoms with Crippen molar-refractivity contribution in [2.75, 3.05) is 13.1 Å². The Balaban J connectivity index is 2.26. The second-order valence-corrected chi connectivity index (χ2v) is 4.85. The Morgan fingerprint density at radius 3 is 2.88 bits per heavy atom. The predicted octanol–water partition coefficient (Wildman–Crippen LogP) is 2.58. The van der Waals surface area contributed by atoms with Crippen LogP contribution in [0.3, 0.4) is 0 Å². The first-order valence-electron chi connectivity index (χ1n) is 5.15. The van der Waals surface area contributed by atoms with Crippen LogP contribution in [0.4, 0.5) is 8.78 Å². The van der Waals surface area contributed by atoms with Gasteiger partial charge >= 0.3 is 0 Å². The molecular weight excluding hydrogens is 280 g/mol. The summed E-state index contributed by atoms with van der Waals surface area (Å²) in [6.07, 6.45) is 1.56. The summed E-state index contributed by atoms with van der Waals surface area (Å²) in [7, 11) is 0. The Hall–Kier alpha value is -0.680. The van der Waals surface area contributed by atoms with Gasteiger partial charge in [0, 0.05) is 0 Å². The summed E-state index contributed by atoms with van der Waals surface area (Å²) in [6, 6.07) is 1.08. The van der Waals surface area contributed by atoms with Crippen LogP contribution in [-0.2, 0) is 6.42 Å². The van der Waals surface area contributed by atoms with Crippen molar-refractivity contribution in [2.45, 2.75) is 12.8 Å². The maximum Gasteiger partial charge on any atom is 0.176 e. The van der Waals surface area contributed by atoms with E-state index in [9.17, 15) is 13.9 Å². The molecule has 1 unspecified atom stereocenters.